The van der Waals surface area contributed by atoms with Crippen molar-refractivity contribution < 1.29 is 5.11 Å². The standard InChI is InChI=1S/C12H21N3O/c16-12(4-1-2-5-12)10-13-6-3-8-15-9-7-14-11-15/h7,9,11,13,16H,1-6,8,10H2. The molecule has 4 heteroatoms. The number of imidazole rings is 1. The van der Waals surface area contributed by atoms with E-state index in [1.54, 1.807) is 6.20 Å². The molecule has 0 radical (unpaired) electrons. The van der Waals surface area contributed by atoms with E-state index in [0.29, 0.717) is 0 Å². The second kappa shape index (κ2) is 5.46. The van der Waals surface area contributed by atoms with Gasteiger partial charge in [0, 0.05) is 25.5 Å². The fraction of sp³-hybridized carbons (Fsp3) is 0.750. The lowest BCUT2D eigenvalue weighted by Crippen LogP contribution is -2.38. The van der Waals surface area contributed by atoms with E-state index in [1.165, 1.54) is 12.8 Å². The van der Waals surface area contributed by atoms with Crippen molar-refractivity contribution in [3.63, 3.8) is 0 Å². The van der Waals surface area contributed by atoms with E-state index in [2.05, 4.69) is 14.9 Å². The molecule has 1 aliphatic carbocycles. The summed E-state index contributed by atoms with van der Waals surface area (Å²) in [5, 5.41) is 13.4. The molecule has 0 bridgehead atoms. The van der Waals surface area contributed by atoms with Crippen LogP contribution in [-0.2, 0) is 6.54 Å². The Labute approximate surface area is 96.7 Å². The molecular weight excluding hydrogens is 202 g/mol. The van der Waals surface area contributed by atoms with Crippen molar-refractivity contribution in [3.8, 4) is 0 Å². The Bertz CT molecular complexity index is 291. The first-order chi connectivity index (χ1) is 7.79. The van der Waals surface area contributed by atoms with Crippen LogP contribution >= 0.6 is 0 Å². The molecule has 4 nitrogen and oxygen atoms in total. The van der Waals surface area contributed by atoms with Crippen molar-refractivity contribution in [2.24, 2.45) is 0 Å². The van der Waals surface area contributed by atoms with Gasteiger partial charge in [-0.1, -0.05) is 12.8 Å². The molecule has 0 spiro atoms. The third-order valence-electron chi connectivity index (χ3n) is 3.32. The highest BCUT2D eigenvalue weighted by molar-refractivity contribution is 4.86. The highest BCUT2D eigenvalue weighted by Gasteiger charge is 2.30. The number of aliphatic hydroxyl groups is 1. The molecule has 1 aliphatic rings. The molecule has 0 atom stereocenters. The summed E-state index contributed by atoms with van der Waals surface area (Å²) >= 11 is 0. The zero-order chi connectivity index (χ0) is 11.3. The highest BCUT2D eigenvalue weighted by atomic mass is 16.3. The van der Waals surface area contributed by atoms with Crippen LogP contribution in [0.2, 0.25) is 0 Å². The van der Waals surface area contributed by atoms with Crippen LogP contribution in [0.4, 0.5) is 0 Å². The van der Waals surface area contributed by atoms with Gasteiger partial charge in [-0.05, 0) is 25.8 Å². The van der Waals surface area contributed by atoms with Gasteiger partial charge in [0.1, 0.15) is 0 Å². The van der Waals surface area contributed by atoms with Crippen molar-refractivity contribution in [1.82, 2.24) is 14.9 Å². The van der Waals surface area contributed by atoms with E-state index in [9.17, 15) is 5.11 Å². The van der Waals surface area contributed by atoms with Crippen molar-refractivity contribution in [2.45, 2.75) is 44.2 Å². The van der Waals surface area contributed by atoms with E-state index in [0.717, 1.165) is 38.9 Å². The normalized spacial score (nSPS) is 19.1. The zero-order valence-electron chi connectivity index (χ0n) is 9.73. The summed E-state index contributed by atoms with van der Waals surface area (Å²) in [4.78, 5) is 4.00. The van der Waals surface area contributed by atoms with Gasteiger partial charge in [0.25, 0.3) is 0 Å². The molecule has 0 aromatic carbocycles. The molecule has 1 heterocycles. The van der Waals surface area contributed by atoms with Crippen LogP contribution in [0, 0.1) is 0 Å². The summed E-state index contributed by atoms with van der Waals surface area (Å²) in [5.41, 5.74) is -0.422. The minimum atomic E-state index is -0.422. The first-order valence-corrected chi connectivity index (χ1v) is 6.17. The minimum Gasteiger partial charge on any atom is -0.389 e. The van der Waals surface area contributed by atoms with E-state index in [1.807, 2.05) is 12.5 Å². The fourth-order valence-corrected chi connectivity index (χ4v) is 2.34. The molecule has 1 aromatic heterocycles. The van der Waals surface area contributed by atoms with Crippen molar-refractivity contribution in [3.05, 3.63) is 18.7 Å². The third kappa shape index (κ3) is 3.32. The van der Waals surface area contributed by atoms with Crippen LogP contribution in [0.25, 0.3) is 0 Å². The highest BCUT2D eigenvalue weighted by Crippen LogP contribution is 2.28. The van der Waals surface area contributed by atoms with Crippen LogP contribution in [0.15, 0.2) is 18.7 Å². The lowest BCUT2D eigenvalue weighted by molar-refractivity contribution is 0.0478. The van der Waals surface area contributed by atoms with E-state index < -0.39 is 5.60 Å². The summed E-state index contributed by atoms with van der Waals surface area (Å²) in [6, 6.07) is 0. The summed E-state index contributed by atoms with van der Waals surface area (Å²) in [6.07, 6.45) is 11.0. The van der Waals surface area contributed by atoms with E-state index in [4.69, 9.17) is 0 Å². The average Bonchev–Trinajstić information content (AvgIpc) is 2.89. The molecule has 1 aromatic rings. The molecule has 0 amide bonds. The fourth-order valence-electron chi connectivity index (χ4n) is 2.34. The van der Waals surface area contributed by atoms with Gasteiger partial charge in [0.15, 0.2) is 0 Å². The Morgan fingerprint density at radius 3 is 2.88 bits per heavy atom. The molecule has 1 saturated carbocycles. The average molecular weight is 223 g/mol. The summed E-state index contributed by atoms with van der Waals surface area (Å²) in [5.74, 6) is 0. The molecule has 2 rings (SSSR count). The molecule has 0 saturated heterocycles. The van der Waals surface area contributed by atoms with Crippen LogP contribution in [-0.4, -0.2) is 33.3 Å². The molecule has 0 unspecified atom stereocenters. The Balaban J connectivity index is 1.55. The SMILES string of the molecule is OC1(CNCCCn2ccnc2)CCCC1. The molecule has 2 N–H and O–H groups in total. The summed E-state index contributed by atoms with van der Waals surface area (Å²) in [6.45, 7) is 2.70. The monoisotopic (exact) mass is 223 g/mol. The number of hydrogen-bond donors (Lipinski definition) is 2. The zero-order valence-corrected chi connectivity index (χ0v) is 9.73. The number of aryl methyl sites for hydroxylation is 1. The number of hydrogen-bond acceptors (Lipinski definition) is 3. The predicted molar refractivity (Wildman–Crippen MR) is 63.1 cm³/mol. The summed E-state index contributed by atoms with van der Waals surface area (Å²) < 4.78 is 2.08. The second-order valence-corrected chi connectivity index (χ2v) is 4.76. The topological polar surface area (TPSA) is 50.1 Å². The number of nitrogens with one attached hydrogen (secondary N) is 1. The second-order valence-electron chi connectivity index (χ2n) is 4.76. The Morgan fingerprint density at radius 2 is 2.19 bits per heavy atom. The number of nitrogens with zero attached hydrogens (tertiary/aromatic N) is 2. The van der Waals surface area contributed by atoms with Gasteiger partial charge in [0.05, 0.1) is 11.9 Å². The van der Waals surface area contributed by atoms with Crippen LogP contribution in [0.5, 0.6) is 0 Å². The molecule has 16 heavy (non-hydrogen) atoms. The molecule has 90 valence electrons. The Morgan fingerprint density at radius 1 is 1.38 bits per heavy atom. The number of aromatic nitrogens is 2. The third-order valence-corrected chi connectivity index (χ3v) is 3.32. The van der Waals surface area contributed by atoms with Gasteiger partial charge in [-0.15, -0.1) is 0 Å². The van der Waals surface area contributed by atoms with Crippen molar-refractivity contribution >= 4 is 0 Å². The maximum absolute atomic E-state index is 10.1. The first-order valence-electron chi connectivity index (χ1n) is 6.17. The first kappa shape index (κ1) is 11.6. The molecular formula is C12H21N3O. The maximum Gasteiger partial charge on any atom is 0.0945 e. The van der Waals surface area contributed by atoms with Crippen molar-refractivity contribution in [2.75, 3.05) is 13.1 Å². The molecule has 1 fully saturated rings. The smallest absolute Gasteiger partial charge is 0.0945 e. The molecule has 0 aliphatic heterocycles. The van der Waals surface area contributed by atoms with Gasteiger partial charge in [-0.2, -0.15) is 0 Å². The van der Waals surface area contributed by atoms with Crippen LogP contribution in [0.3, 0.4) is 0 Å². The summed E-state index contributed by atoms with van der Waals surface area (Å²) in [7, 11) is 0. The van der Waals surface area contributed by atoms with Gasteiger partial charge < -0.3 is 15.0 Å². The van der Waals surface area contributed by atoms with Gasteiger partial charge >= 0.3 is 0 Å². The van der Waals surface area contributed by atoms with Crippen molar-refractivity contribution in [1.29, 1.82) is 0 Å². The Kier molecular flexibility index (Phi) is 3.96. The largest absolute Gasteiger partial charge is 0.389 e. The quantitative estimate of drug-likeness (QED) is 0.712. The predicted octanol–water partition coefficient (Wildman–Crippen LogP) is 1.17. The maximum atomic E-state index is 10.1. The van der Waals surface area contributed by atoms with Crippen LogP contribution < -0.4 is 5.32 Å². The number of rotatable bonds is 6. The lowest BCUT2D eigenvalue weighted by atomic mass is 10.0. The van der Waals surface area contributed by atoms with Crippen LogP contribution in [0.1, 0.15) is 32.1 Å². The van der Waals surface area contributed by atoms with E-state index in [-0.39, 0.29) is 0 Å². The van der Waals surface area contributed by atoms with E-state index >= 15 is 0 Å². The minimum absolute atomic E-state index is 0.422. The van der Waals surface area contributed by atoms with Gasteiger partial charge in [0.2, 0.25) is 0 Å². The van der Waals surface area contributed by atoms with Gasteiger partial charge in [-0.3, -0.25) is 0 Å². The Hall–Kier alpha value is -0.870. The van der Waals surface area contributed by atoms with Gasteiger partial charge in [-0.25, -0.2) is 4.98 Å². The lowest BCUT2D eigenvalue weighted by Gasteiger charge is -2.22.